The van der Waals surface area contributed by atoms with Crippen LogP contribution in [0.25, 0.3) is 99.2 Å². The molecule has 0 aliphatic carbocycles. The van der Waals surface area contributed by atoms with Crippen molar-refractivity contribution >= 4 is 71.7 Å². The van der Waals surface area contributed by atoms with Crippen LogP contribution in [-0.2, 0) is 0 Å². The largest absolute Gasteiger partial charge is 0.456 e. The summed E-state index contributed by atoms with van der Waals surface area (Å²) in [6.45, 7) is 0. The number of hydrogen-bond acceptors (Lipinski definition) is 3. The number of furan rings is 2. The van der Waals surface area contributed by atoms with E-state index in [1.807, 2.05) is 24.3 Å². The molecule has 12 rings (SSSR count). The van der Waals surface area contributed by atoms with Gasteiger partial charge in [-0.2, -0.15) is 0 Å². The molecule has 0 aliphatic rings. The molecule has 0 radical (unpaired) electrons. The van der Waals surface area contributed by atoms with Crippen molar-refractivity contribution in [3.05, 3.63) is 224 Å². The van der Waals surface area contributed by atoms with E-state index in [1.165, 1.54) is 27.5 Å². The van der Waals surface area contributed by atoms with Crippen LogP contribution in [0.1, 0.15) is 0 Å². The van der Waals surface area contributed by atoms with Crippen LogP contribution in [0.2, 0.25) is 0 Å². The lowest BCUT2D eigenvalue weighted by atomic mass is 9.91. The summed E-state index contributed by atoms with van der Waals surface area (Å²) in [5.41, 5.74) is 16.1. The van der Waals surface area contributed by atoms with Gasteiger partial charge in [0.15, 0.2) is 0 Å². The zero-order chi connectivity index (χ0) is 40.3. The number of hydrogen-bond donors (Lipinski definition) is 0. The lowest BCUT2D eigenvalue weighted by Gasteiger charge is -2.27. The Labute approximate surface area is 353 Å². The van der Waals surface area contributed by atoms with Gasteiger partial charge in [-0.25, -0.2) is 0 Å². The van der Waals surface area contributed by atoms with Gasteiger partial charge in [0.2, 0.25) is 0 Å². The van der Waals surface area contributed by atoms with Gasteiger partial charge in [0, 0.05) is 38.6 Å². The second-order valence-electron chi connectivity index (χ2n) is 15.6. The van der Waals surface area contributed by atoms with Crippen molar-refractivity contribution in [3.63, 3.8) is 0 Å². The van der Waals surface area contributed by atoms with Crippen LogP contribution in [0.5, 0.6) is 0 Å². The Morgan fingerprint density at radius 2 is 0.787 bits per heavy atom. The summed E-state index contributed by atoms with van der Waals surface area (Å²) in [4.78, 5) is 2.36. The Morgan fingerprint density at radius 3 is 1.49 bits per heavy atom. The first-order valence-corrected chi connectivity index (χ1v) is 20.7. The van der Waals surface area contributed by atoms with Crippen LogP contribution in [-0.4, -0.2) is 0 Å². The van der Waals surface area contributed by atoms with E-state index in [0.29, 0.717) is 0 Å². The molecule has 3 nitrogen and oxygen atoms in total. The summed E-state index contributed by atoms with van der Waals surface area (Å²) >= 11 is 0. The van der Waals surface area contributed by atoms with Gasteiger partial charge in [0.05, 0.1) is 0 Å². The van der Waals surface area contributed by atoms with E-state index in [0.717, 1.165) is 88.8 Å². The Balaban J connectivity index is 1.00. The van der Waals surface area contributed by atoms with Crippen molar-refractivity contribution in [1.82, 2.24) is 0 Å². The molecule has 3 heteroatoms. The summed E-state index contributed by atoms with van der Waals surface area (Å²) in [7, 11) is 0. The molecule has 10 aromatic carbocycles. The molecule has 0 saturated carbocycles. The number of para-hydroxylation sites is 2. The molecule has 12 aromatic rings. The van der Waals surface area contributed by atoms with Crippen molar-refractivity contribution in [2.24, 2.45) is 0 Å². The highest BCUT2D eigenvalue weighted by Crippen LogP contribution is 2.44. The summed E-state index contributed by atoms with van der Waals surface area (Å²) in [6, 6.07) is 80.1. The van der Waals surface area contributed by atoms with Gasteiger partial charge >= 0.3 is 0 Å². The molecular weight excluding hydrogens is 743 g/mol. The predicted octanol–water partition coefficient (Wildman–Crippen LogP) is 16.8. The minimum absolute atomic E-state index is 0.895. The van der Waals surface area contributed by atoms with Crippen molar-refractivity contribution < 1.29 is 8.83 Å². The van der Waals surface area contributed by atoms with E-state index >= 15 is 0 Å². The molecule has 0 N–H and O–H groups in total. The van der Waals surface area contributed by atoms with Gasteiger partial charge < -0.3 is 13.7 Å². The highest BCUT2D eigenvalue weighted by Gasteiger charge is 2.19. The maximum atomic E-state index is 6.26. The third kappa shape index (κ3) is 5.98. The Hall–Kier alpha value is -8.14. The topological polar surface area (TPSA) is 29.5 Å². The van der Waals surface area contributed by atoms with Gasteiger partial charge in [-0.15, -0.1) is 0 Å². The first kappa shape index (κ1) is 34.9. The zero-order valence-corrected chi connectivity index (χ0v) is 33.1. The van der Waals surface area contributed by atoms with Gasteiger partial charge in [0.1, 0.15) is 22.3 Å². The second kappa shape index (κ2) is 14.3. The first-order valence-electron chi connectivity index (χ1n) is 20.7. The van der Waals surface area contributed by atoms with Crippen molar-refractivity contribution in [1.29, 1.82) is 0 Å². The zero-order valence-electron chi connectivity index (χ0n) is 33.1. The minimum atomic E-state index is 0.895. The normalized spacial score (nSPS) is 11.6. The van der Waals surface area contributed by atoms with Crippen LogP contribution < -0.4 is 4.90 Å². The van der Waals surface area contributed by atoms with Gasteiger partial charge in [-0.3, -0.25) is 0 Å². The fourth-order valence-electron chi connectivity index (χ4n) is 9.19. The highest BCUT2D eigenvalue weighted by molar-refractivity contribution is 6.19. The molecule has 61 heavy (non-hydrogen) atoms. The molecule has 0 aliphatic heterocycles. The van der Waals surface area contributed by atoms with Crippen LogP contribution >= 0.6 is 0 Å². The Morgan fingerprint density at radius 1 is 0.262 bits per heavy atom. The maximum absolute atomic E-state index is 6.26. The van der Waals surface area contributed by atoms with Crippen LogP contribution in [0.3, 0.4) is 0 Å². The predicted molar refractivity (Wildman–Crippen MR) is 255 cm³/mol. The average Bonchev–Trinajstić information content (AvgIpc) is 3.92. The van der Waals surface area contributed by atoms with Crippen molar-refractivity contribution in [3.8, 4) is 44.5 Å². The molecule has 286 valence electrons. The molecule has 2 heterocycles. The number of fused-ring (bicyclic) bond motifs is 8. The van der Waals surface area contributed by atoms with Crippen molar-refractivity contribution in [2.75, 3.05) is 4.90 Å². The second-order valence-corrected chi connectivity index (χ2v) is 15.6. The Bertz CT molecular complexity index is 3560. The SMILES string of the molecule is c1ccc(-c2ccc(N(c3ccc(-c4cccc5oc6ccccc6c45)cc3)c3ccc(-c4ccc5c(ccc6oc7ccccc7c65)c4)c(-c4ccccc4)c3)cc2)cc1. The molecular formula is C58H37NO2. The van der Waals surface area contributed by atoms with E-state index in [-0.39, 0.29) is 0 Å². The third-order valence-corrected chi connectivity index (χ3v) is 12.1. The van der Waals surface area contributed by atoms with E-state index in [9.17, 15) is 0 Å². The van der Waals surface area contributed by atoms with E-state index in [4.69, 9.17) is 8.83 Å². The standard InChI is InChI=1S/C58H37NO2/c1-3-12-38(13-4-1)39-22-28-44(29-23-39)59(45-30-24-41(25-31-45)48-18-11-21-55-57(48)50-16-7-9-19-53(50)60-55)46-32-34-47(52(37-46)40-14-5-2-6-15-40)42-26-33-49-43(36-42)27-35-56-58(49)51-17-8-10-20-54(51)61-56/h1-37H. The molecule has 2 aromatic heterocycles. The van der Waals surface area contributed by atoms with Gasteiger partial charge in [-0.1, -0.05) is 158 Å². The van der Waals surface area contributed by atoms with Crippen LogP contribution in [0, 0.1) is 0 Å². The van der Waals surface area contributed by atoms with E-state index in [1.54, 1.807) is 0 Å². The Kier molecular flexibility index (Phi) is 8.17. The fraction of sp³-hybridized carbons (Fsp3) is 0. The van der Waals surface area contributed by atoms with E-state index < -0.39 is 0 Å². The maximum Gasteiger partial charge on any atom is 0.136 e. The number of rotatable bonds is 7. The van der Waals surface area contributed by atoms with Gasteiger partial charge in [0.25, 0.3) is 0 Å². The monoisotopic (exact) mass is 779 g/mol. The molecule has 0 spiro atoms. The highest BCUT2D eigenvalue weighted by atomic mass is 16.3. The summed E-state index contributed by atoms with van der Waals surface area (Å²) in [5, 5.41) is 6.93. The fourth-order valence-corrected chi connectivity index (χ4v) is 9.19. The molecule has 0 bridgehead atoms. The third-order valence-electron chi connectivity index (χ3n) is 12.1. The average molecular weight is 780 g/mol. The minimum Gasteiger partial charge on any atom is -0.456 e. The number of anilines is 3. The lowest BCUT2D eigenvalue weighted by Crippen LogP contribution is -2.10. The van der Waals surface area contributed by atoms with Crippen LogP contribution in [0.15, 0.2) is 233 Å². The summed E-state index contributed by atoms with van der Waals surface area (Å²) in [5.74, 6) is 0. The summed E-state index contributed by atoms with van der Waals surface area (Å²) in [6.07, 6.45) is 0. The van der Waals surface area contributed by atoms with Crippen molar-refractivity contribution in [2.45, 2.75) is 0 Å². The molecule has 0 saturated heterocycles. The molecule has 0 fully saturated rings. The van der Waals surface area contributed by atoms with Crippen LogP contribution in [0.4, 0.5) is 17.1 Å². The molecule has 0 atom stereocenters. The van der Waals surface area contributed by atoms with E-state index in [2.05, 4.69) is 205 Å². The lowest BCUT2D eigenvalue weighted by molar-refractivity contribution is 0.668. The summed E-state index contributed by atoms with van der Waals surface area (Å²) < 4.78 is 12.5. The smallest absolute Gasteiger partial charge is 0.136 e. The quantitative estimate of drug-likeness (QED) is 0.161. The van der Waals surface area contributed by atoms with Gasteiger partial charge in [-0.05, 0) is 122 Å². The number of benzene rings is 10. The molecule has 0 amide bonds. The number of nitrogens with zero attached hydrogens (tertiary/aromatic N) is 1. The first-order chi connectivity index (χ1) is 30.2. The molecule has 0 unspecified atom stereocenters.